The lowest BCUT2D eigenvalue weighted by Crippen LogP contribution is -2.25. The van der Waals surface area contributed by atoms with E-state index >= 15 is 0 Å². The SMILES string of the molecule is CCCN(CCC)c1ccc(CCl)cc1[N+](=O)[O-]. The van der Waals surface area contributed by atoms with E-state index in [0.29, 0.717) is 11.6 Å². The quantitative estimate of drug-likeness (QED) is 0.428. The lowest BCUT2D eigenvalue weighted by molar-refractivity contribution is -0.384. The zero-order chi connectivity index (χ0) is 13.5. The van der Waals surface area contributed by atoms with Crippen LogP contribution in [-0.4, -0.2) is 18.0 Å². The van der Waals surface area contributed by atoms with Crippen LogP contribution in [0, 0.1) is 10.1 Å². The largest absolute Gasteiger partial charge is 0.366 e. The van der Waals surface area contributed by atoms with Crippen molar-refractivity contribution in [3.8, 4) is 0 Å². The van der Waals surface area contributed by atoms with Crippen LogP contribution in [0.5, 0.6) is 0 Å². The predicted molar refractivity (Wildman–Crippen MR) is 75.4 cm³/mol. The van der Waals surface area contributed by atoms with E-state index in [1.165, 1.54) is 0 Å². The smallest absolute Gasteiger partial charge is 0.292 e. The molecule has 0 fully saturated rings. The van der Waals surface area contributed by atoms with Gasteiger partial charge in [-0.1, -0.05) is 19.9 Å². The van der Waals surface area contributed by atoms with Gasteiger partial charge >= 0.3 is 0 Å². The third-order valence-electron chi connectivity index (χ3n) is 2.72. The van der Waals surface area contributed by atoms with Crippen LogP contribution in [0.4, 0.5) is 11.4 Å². The Morgan fingerprint density at radius 2 is 1.89 bits per heavy atom. The molecule has 0 heterocycles. The Labute approximate surface area is 113 Å². The lowest BCUT2D eigenvalue weighted by atomic mass is 10.1. The minimum Gasteiger partial charge on any atom is -0.366 e. The zero-order valence-electron chi connectivity index (χ0n) is 10.9. The number of hydrogen-bond acceptors (Lipinski definition) is 3. The van der Waals surface area contributed by atoms with E-state index in [0.717, 1.165) is 31.5 Å². The van der Waals surface area contributed by atoms with Crippen LogP contribution in [-0.2, 0) is 5.88 Å². The van der Waals surface area contributed by atoms with Crippen LogP contribution in [0.1, 0.15) is 32.3 Å². The number of hydrogen-bond donors (Lipinski definition) is 0. The van der Waals surface area contributed by atoms with Gasteiger partial charge in [0, 0.05) is 25.0 Å². The molecule has 100 valence electrons. The fourth-order valence-corrected chi connectivity index (χ4v) is 2.12. The first-order valence-corrected chi connectivity index (χ1v) is 6.75. The fraction of sp³-hybridized carbons (Fsp3) is 0.538. The third-order valence-corrected chi connectivity index (χ3v) is 3.03. The normalized spacial score (nSPS) is 10.4. The Kier molecular flexibility index (Phi) is 5.92. The van der Waals surface area contributed by atoms with Crippen LogP contribution < -0.4 is 4.90 Å². The van der Waals surface area contributed by atoms with Gasteiger partial charge in [-0.3, -0.25) is 10.1 Å². The molecule has 0 bridgehead atoms. The summed E-state index contributed by atoms with van der Waals surface area (Å²) in [7, 11) is 0. The molecule has 0 saturated carbocycles. The average Bonchev–Trinajstić information content (AvgIpc) is 2.37. The Morgan fingerprint density at radius 1 is 1.28 bits per heavy atom. The number of halogens is 1. The van der Waals surface area contributed by atoms with Gasteiger partial charge in [0.25, 0.3) is 5.69 Å². The summed E-state index contributed by atoms with van der Waals surface area (Å²) in [5.74, 6) is 0.294. The molecule has 4 nitrogen and oxygen atoms in total. The van der Waals surface area contributed by atoms with Crippen LogP contribution in [0.15, 0.2) is 18.2 Å². The van der Waals surface area contributed by atoms with Crippen molar-refractivity contribution >= 4 is 23.0 Å². The summed E-state index contributed by atoms with van der Waals surface area (Å²) >= 11 is 5.72. The molecule has 5 heteroatoms. The second-order valence-corrected chi connectivity index (χ2v) is 4.47. The Balaban J connectivity index is 3.15. The van der Waals surface area contributed by atoms with Crippen molar-refractivity contribution in [3.63, 3.8) is 0 Å². The van der Waals surface area contributed by atoms with Crippen molar-refractivity contribution in [1.29, 1.82) is 0 Å². The number of nitro benzene ring substituents is 1. The lowest BCUT2D eigenvalue weighted by Gasteiger charge is -2.23. The van der Waals surface area contributed by atoms with Gasteiger partial charge in [0.2, 0.25) is 0 Å². The molecular weight excluding hydrogens is 252 g/mol. The van der Waals surface area contributed by atoms with Gasteiger partial charge in [0.15, 0.2) is 0 Å². The number of alkyl halides is 1. The van der Waals surface area contributed by atoms with Gasteiger partial charge < -0.3 is 4.90 Å². The summed E-state index contributed by atoms with van der Waals surface area (Å²) in [6, 6.07) is 5.23. The first kappa shape index (κ1) is 14.8. The summed E-state index contributed by atoms with van der Waals surface area (Å²) < 4.78 is 0. The van der Waals surface area contributed by atoms with Crippen molar-refractivity contribution in [2.45, 2.75) is 32.6 Å². The summed E-state index contributed by atoms with van der Waals surface area (Å²) in [6.07, 6.45) is 1.93. The number of nitrogens with zero attached hydrogens (tertiary/aromatic N) is 2. The molecule has 0 spiro atoms. The van der Waals surface area contributed by atoms with Gasteiger partial charge in [-0.15, -0.1) is 11.6 Å². The zero-order valence-corrected chi connectivity index (χ0v) is 11.6. The summed E-state index contributed by atoms with van der Waals surface area (Å²) in [5.41, 5.74) is 1.62. The van der Waals surface area contributed by atoms with E-state index < -0.39 is 0 Å². The molecule has 0 N–H and O–H groups in total. The molecule has 1 aromatic rings. The molecule has 0 aromatic heterocycles. The highest BCUT2D eigenvalue weighted by atomic mass is 35.5. The standard InChI is InChI=1S/C13H19ClN2O2/c1-3-7-15(8-4-2)12-6-5-11(10-14)9-13(12)16(17)18/h5-6,9H,3-4,7-8,10H2,1-2H3. The molecule has 0 atom stereocenters. The summed E-state index contributed by atoms with van der Waals surface area (Å²) in [4.78, 5) is 12.9. The van der Waals surface area contributed by atoms with Crippen LogP contribution >= 0.6 is 11.6 Å². The van der Waals surface area contributed by atoms with E-state index in [4.69, 9.17) is 11.6 Å². The third kappa shape index (κ3) is 3.60. The van der Waals surface area contributed by atoms with E-state index in [9.17, 15) is 10.1 Å². The topological polar surface area (TPSA) is 46.4 Å². The Morgan fingerprint density at radius 3 is 2.33 bits per heavy atom. The molecule has 18 heavy (non-hydrogen) atoms. The van der Waals surface area contributed by atoms with Gasteiger partial charge in [0.05, 0.1) is 4.92 Å². The maximum absolute atomic E-state index is 11.1. The summed E-state index contributed by atoms with van der Waals surface area (Å²) in [5, 5.41) is 11.1. The number of benzene rings is 1. The van der Waals surface area contributed by atoms with E-state index in [1.54, 1.807) is 12.1 Å². The molecule has 0 amide bonds. The minimum atomic E-state index is -0.330. The van der Waals surface area contributed by atoms with Crippen molar-refractivity contribution in [1.82, 2.24) is 0 Å². The molecule has 1 aromatic carbocycles. The molecule has 0 radical (unpaired) electrons. The first-order chi connectivity index (χ1) is 8.63. The van der Waals surface area contributed by atoms with Crippen LogP contribution in [0.25, 0.3) is 0 Å². The van der Waals surface area contributed by atoms with Crippen molar-refractivity contribution in [3.05, 3.63) is 33.9 Å². The van der Waals surface area contributed by atoms with Gasteiger partial charge in [-0.05, 0) is 24.5 Å². The van der Waals surface area contributed by atoms with E-state index in [-0.39, 0.29) is 10.6 Å². The summed E-state index contributed by atoms with van der Waals surface area (Å²) in [6.45, 7) is 5.80. The predicted octanol–water partition coefficient (Wildman–Crippen LogP) is 3.96. The van der Waals surface area contributed by atoms with Crippen LogP contribution in [0.3, 0.4) is 0 Å². The van der Waals surface area contributed by atoms with Crippen molar-refractivity contribution in [2.75, 3.05) is 18.0 Å². The first-order valence-electron chi connectivity index (χ1n) is 6.22. The monoisotopic (exact) mass is 270 g/mol. The second kappa shape index (κ2) is 7.21. The van der Waals surface area contributed by atoms with E-state index in [2.05, 4.69) is 18.7 Å². The average molecular weight is 271 g/mol. The molecule has 0 aliphatic heterocycles. The molecule has 0 unspecified atom stereocenters. The number of rotatable bonds is 7. The maximum Gasteiger partial charge on any atom is 0.292 e. The number of anilines is 1. The fourth-order valence-electron chi connectivity index (χ4n) is 1.96. The number of nitro groups is 1. The van der Waals surface area contributed by atoms with Crippen molar-refractivity contribution in [2.24, 2.45) is 0 Å². The minimum absolute atomic E-state index is 0.148. The van der Waals surface area contributed by atoms with Crippen molar-refractivity contribution < 1.29 is 4.92 Å². The molecule has 0 saturated heterocycles. The molecule has 1 rings (SSSR count). The Hall–Kier alpha value is -1.29. The Bertz CT molecular complexity index is 404. The molecular formula is C13H19ClN2O2. The van der Waals surface area contributed by atoms with Gasteiger partial charge in [-0.25, -0.2) is 0 Å². The van der Waals surface area contributed by atoms with Gasteiger partial charge in [0.1, 0.15) is 5.69 Å². The highest BCUT2D eigenvalue weighted by molar-refractivity contribution is 6.17. The highest BCUT2D eigenvalue weighted by Gasteiger charge is 2.19. The van der Waals surface area contributed by atoms with Gasteiger partial charge in [-0.2, -0.15) is 0 Å². The highest BCUT2D eigenvalue weighted by Crippen LogP contribution is 2.30. The van der Waals surface area contributed by atoms with Crippen LogP contribution in [0.2, 0.25) is 0 Å². The van der Waals surface area contributed by atoms with E-state index in [1.807, 2.05) is 6.07 Å². The maximum atomic E-state index is 11.1. The molecule has 0 aliphatic carbocycles. The molecule has 0 aliphatic rings. The second-order valence-electron chi connectivity index (χ2n) is 4.20.